The molecule has 0 bridgehead atoms. The van der Waals surface area contributed by atoms with Gasteiger partial charge in [-0.25, -0.2) is 4.79 Å². The first-order chi connectivity index (χ1) is 9.15. The van der Waals surface area contributed by atoms with Crippen LogP contribution in [0.2, 0.25) is 0 Å². The molecule has 104 valence electrons. The van der Waals surface area contributed by atoms with E-state index in [-0.39, 0.29) is 6.61 Å². The second-order valence-electron chi connectivity index (χ2n) is 3.82. The number of nitrogens with zero attached hydrogens (tertiary/aromatic N) is 1. The van der Waals surface area contributed by atoms with Gasteiger partial charge < -0.3 is 14.7 Å². The average molecular weight is 265 g/mol. The Morgan fingerprint density at radius 3 is 2.63 bits per heavy atom. The van der Waals surface area contributed by atoms with Crippen LogP contribution in [0, 0.1) is 0 Å². The van der Waals surface area contributed by atoms with Gasteiger partial charge in [0.25, 0.3) is 0 Å². The van der Waals surface area contributed by atoms with E-state index in [1.165, 1.54) is 6.08 Å². The number of hydrogen-bond acceptors (Lipinski definition) is 5. The summed E-state index contributed by atoms with van der Waals surface area (Å²) in [7, 11) is 1.60. The number of carbonyl (C=O) groups is 1. The molecule has 0 aliphatic carbocycles. The van der Waals surface area contributed by atoms with Gasteiger partial charge >= 0.3 is 5.97 Å². The van der Waals surface area contributed by atoms with Crippen LogP contribution >= 0.6 is 0 Å². The predicted octanol–water partition coefficient (Wildman–Crippen LogP) is 1.96. The van der Waals surface area contributed by atoms with Crippen LogP contribution in [-0.2, 0) is 9.53 Å². The zero-order valence-electron chi connectivity index (χ0n) is 11.2. The van der Waals surface area contributed by atoms with Gasteiger partial charge in [-0.15, -0.1) is 0 Å². The normalized spacial score (nSPS) is 10.9. The lowest BCUT2D eigenvalue weighted by Crippen LogP contribution is -2.24. The SMILES string of the molecule is CCN(O)CCOC(=O)C=Cc1ccc(OC)cc1. The molecular formula is C14H19NO4. The predicted molar refractivity (Wildman–Crippen MR) is 72.0 cm³/mol. The molecule has 1 N–H and O–H groups in total. The molecule has 0 saturated carbocycles. The minimum absolute atomic E-state index is 0.163. The maximum absolute atomic E-state index is 11.4. The fourth-order valence-electron chi connectivity index (χ4n) is 1.34. The Morgan fingerprint density at radius 1 is 1.37 bits per heavy atom. The van der Waals surface area contributed by atoms with Crippen LogP contribution in [0.3, 0.4) is 0 Å². The third kappa shape index (κ3) is 6.03. The monoisotopic (exact) mass is 265 g/mol. The van der Waals surface area contributed by atoms with Crippen molar-refractivity contribution in [1.82, 2.24) is 5.06 Å². The Labute approximate surface area is 113 Å². The summed E-state index contributed by atoms with van der Waals surface area (Å²) in [6, 6.07) is 7.32. The lowest BCUT2D eigenvalue weighted by Gasteiger charge is -2.10. The van der Waals surface area contributed by atoms with Crippen molar-refractivity contribution in [3.8, 4) is 5.75 Å². The Bertz CT molecular complexity index is 414. The lowest BCUT2D eigenvalue weighted by atomic mass is 10.2. The third-order valence-corrected chi connectivity index (χ3v) is 2.49. The molecule has 0 aliphatic heterocycles. The number of esters is 1. The first-order valence-corrected chi connectivity index (χ1v) is 6.08. The second kappa shape index (κ2) is 8.29. The number of hydrogen-bond donors (Lipinski definition) is 1. The summed E-state index contributed by atoms with van der Waals surface area (Å²) in [6.45, 7) is 2.78. The molecule has 5 heteroatoms. The largest absolute Gasteiger partial charge is 0.497 e. The maximum atomic E-state index is 11.4. The van der Waals surface area contributed by atoms with Crippen molar-refractivity contribution in [3.63, 3.8) is 0 Å². The van der Waals surface area contributed by atoms with Crippen LogP contribution in [0.15, 0.2) is 30.3 Å². The third-order valence-electron chi connectivity index (χ3n) is 2.49. The molecule has 0 saturated heterocycles. The molecule has 19 heavy (non-hydrogen) atoms. The second-order valence-corrected chi connectivity index (χ2v) is 3.82. The molecule has 0 atom stereocenters. The molecule has 0 radical (unpaired) electrons. The number of benzene rings is 1. The van der Waals surface area contributed by atoms with Crippen LogP contribution in [0.4, 0.5) is 0 Å². The highest BCUT2D eigenvalue weighted by Gasteiger charge is 2.00. The standard InChI is InChI=1S/C14H19NO4/c1-3-15(17)10-11-19-14(16)9-6-12-4-7-13(18-2)8-5-12/h4-9,17H,3,10-11H2,1-2H3. The molecule has 0 amide bonds. The van der Waals surface area contributed by atoms with Crippen molar-refractivity contribution in [3.05, 3.63) is 35.9 Å². The van der Waals surface area contributed by atoms with Crippen LogP contribution in [-0.4, -0.2) is 43.0 Å². The highest BCUT2D eigenvalue weighted by Crippen LogP contribution is 2.12. The van der Waals surface area contributed by atoms with E-state index in [4.69, 9.17) is 14.7 Å². The van der Waals surface area contributed by atoms with Crippen molar-refractivity contribution >= 4 is 12.0 Å². The van der Waals surface area contributed by atoms with Gasteiger partial charge in [0.2, 0.25) is 0 Å². The average Bonchev–Trinajstić information content (AvgIpc) is 2.45. The number of likely N-dealkylation sites (N-methyl/N-ethyl adjacent to an activating group) is 1. The summed E-state index contributed by atoms with van der Waals surface area (Å²) in [5.41, 5.74) is 0.884. The summed E-state index contributed by atoms with van der Waals surface area (Å²) < 4.78 is 9.97. The van der Waals surface area contributed by atoms with Gasteiger partial charge in [-0.1, -0.05) is 19.1 Å². The van der Waals surface area contributed by atoms with Gasteiger partial charge in [-0.3, -0.25) is 0 Å². The van der Waals surface area contributed by atoms with Crippen molar-refractivity contribution < 1.29 is 19.5 Å². The van der Waals surface area contributed by atoms with E-state index in [1.807, 2.05) is 31.2 Å². The molecule has 0 unspecified atom stereocenters. The van der Waals surface area contributed by atoms with Crippen LogP contribution < -0.4 is 4.74 Å². The van der Waals surface area contributed by atoms with Crippen molar-refractivity contribution in [2.45, 2.75) is 6.92 Å². The van der Waals surface area contributed by atoms with E-state index < -0.39 is 5.97 Å². The summed E-state index contributed by atoms with van der Waals surface area (Å²) in [5.74, 6) is 0.336. The van der Waals surface area contributed by atoms with E-state index >= 15 is 0 Å². The summed E-state index contributed by atoms with van der Waals surface area (Å²) in [4.78, 5) is 11.4. The Morgan fingerprint density at radius 2 is 2.05 bits per heavy atom. The summed E-state index contributed by atoms with van der Waals surface area (Å²) in [5, 5.41) is 10.2. The molecular weight excluding hydrogens is 246 g/mol. The number of rotatable bonds is 7. The number of ether oxygens (including phenoxy) is 2. The van der Waals surface area contributed by atoms with Crippen LogP contribution in [0.5, 0.6) is 5.75 Å². The smallest absolute Gasteiger partial charge is 0.330 e. The lowest BCUT2D eigenvalue weighted by molar-refractivity contribution is -0.143. The minimum Gasteiger partial charge on any atom is -0.497 e. The Hall–Kier alpha value is -1.85. The van der Waals surface area contributed by atoms with Crippen molar-refractivity contribution in [2.24, 2.45) is 0 Å². The van der Waals surface area contributed by atoms with Gasteiger partial charge in [0.15, 0.2) is 0 Å². The fraction of sp³-hybridized carbons (Fsp3) is 0.357. The summed E-state index contributed by atoms with van der Waals surface area (Å²) >= 11 is 0. The minimum atomic E-state index is -0.430. The van der Waals surface area contributed by atoms with Gasteiger partial charge in [-0.2, -0.15) is 5.06 Å². The van der Waals surface area contributed by atoms with Gasteiger partial charge in [-0.05, 0) is 23.8 Å². The molecule has 1 aromatic rings. The van der Waals surface area contributed by atoms with Crippen LogP contribution in [0.25, 0.3) is 6.08 Å². The number of carbonyl (C=O) groups excluding carboxylic acids is 1. The molecule has 0 aliphatic rings. The topological polar surface area (TPSA) is 59.0 Å². The zero-order chi connectivity index (χ0) is 14.1. The first kappa shape index (κ1) is 15.2. The van der Waals surface area contributed by atoms with E-state index in [9.17, 15) is 4.79 Å². The van der Waals surface area contributed by atoms with E-state index in [0.717, 1.165) is 16.4 Å². The Kier molecular flexibility index (Phi) is 6.63. The molecule has 0 aromatic heterocycles. The first-order valence-electron chi connectivity index (χ1n) is 6.08. The maximum Gasteiger partial charge on any atom is 0.330 e. The fourth-order valence-corrected chi connectivity index (χ4v) is 1.34. The summed E-state index contributed by atoms with van der Waals surface area (Å²) in [6.07, 6.45) is 3.02. The quantitative estimate of drug-likeness (QED) is 0.464. The van der Waals surface area contributed by atoms with Crippen molar-refractivity contribution in [2.75, 3.05) is 26.8 Å². The van der Waals surface area contributed by atoms with Crippen molar-refractivity contribution in [1.29, 1.82) is 0 Å². The molecule has 1 aromatic carbocycles. The van der Waals surface area contributed by atoms with E-state index in [2.05, 4.69) is 0 Å². The van der Waals surface area contributed by atoms with Gasteiger partial charge in [0.05, 0.1) is 13.7 Å². The molecule has 0 spiro atoms. The highest BCUT2D eigenvalue weighted by atomic mass is 16.5. The van der Waals surface area contributed by atoms with Gasteiger partial charge in [0, 0.05) is 12.6 Å². The molecule has 1 rings (SSSR count). The van der Waals surface area contributed by atoms with E-state index in [1.54, 1.807) is 13.2 Å². The van der Waals surface area contributed by atoms with Crippen LogP contribution in [0.1, 0.15) is 12.5 Å². The molecule has 5 nitrogen and oxygen atoms in total. The number of hydroxylamine groups is 2. The highest BCUT2D eigenvalue weighted by molar-refractivity contribution is 5.87. The zero-order valence-corrected chi connectivity index (χ0v) is 11.2. The number of methoxy groups -OCH3 is 1. The van der Waals surface area contributed by atoms with Gasteiger partial charge in [0.1, 0.15) is 12.4 Å². The Balaban J connectivity index is 2.36. The molecule has 0 heterocycles. The molecule has 0 fully saturated rings. The van der Waals surface area contributed by atoms with E-state index in [0.29, 0.717) is 13.1 Å².